The van der Waals surface area contributed by atoms with Gasteiger partial charge in [-0.1, -0.05) is 0 Å². The molecule has 1 saturated heterocycles. The average molecular weight is 390 g/mol. The number of rotatable bonds is 7. The van der Waals surface area contributed by atoms with Gasteiger partial charge in [-0.15, -0.1) is 0 Å². The maximum Gasteiger partial charge on any atom is 0.235 e. The maximum atomic E-state index is 12.9. The molecule has 1 fully saturated rings. The van der Waals surface area contributed by atoms with E-state index in [4.69, 9.17) is 9.47 Å². The van der Waals surface area contributed by atoms with Crippen molar-refractivity contribution in [1.82, 2.24) is 20.0 Å². The highest BCUT2D eigenvalue weighted by Crippen LogP contribution is 2.33. The fraction of sp³-hybridized carbons (Fsp3) is 0.600. The van der Waals surface area contributed by atoms with E-state index in [0.717, 1.165) is 26.2 Å². The van der Waals surface area contributed by atoms with Crippen LogP contribution in [0.2, 0.25) is 0 Å². The Hall–Kier alpha value is -2.16. The highest BCUT2D eigenvalue weighted by atomic mass is 16.7. The van der Waals surface area contributed by atoms with Crippen molar-refractivity contribution in [3.63, 3.8) is 0 Å². The smallest absolute Gasteiger partial charge is 0.235 e. The first-order valence-electron chi connectivity index (χ1n) is 9.71. The van der Waals surface area contributed by atoms with Crippen LogP contribution in [-0.4, -0.2) is 92.2 Å². The third-order valence-corrected chi connectivity index (χ3v) is 5.59. The first-order chi connectivity index (χ1) is 13.3. The van der Waals surface area contributed by atoms with Gasteiger partial charge in [0.05, 0.1) is 18.8 Å². The zero-order valence-electron chi connectivity index (χ0n) is 17.1. The number of carbonyl (C=O) groups is 2. The van der Waals surface area contributed by atoms with Crippen LogP contribution in [-0.2, 0) is 4.79 Å². The molecule has 1 amide bonds. The second kappa shape index (κ2) is 8.89. The molecule has 0 spiro atoms. The number of likely N-dealkylation sites (N-methyl/N-ethyl adjacent to an activating group) is 2. The molecule has 0 bridgehead atoms. The van der Waals surface area contributed by atoms with E-state index in [1.165, 1.54) is 0 Å². The fourth-order valence-electron chi connectivity index (χ4n) is 3.40. The van der Waals surface area contributed by atoms with Gasteiger partial charge >= 0.3 is 0 Å². The quantitative estimate of drug-likeness (QED) is 0.541. The van der Waals surface area contributed by atoms with Crippen molar-refractivity contribution < 1.29 is 19.1 Å². The Labute approximate surface area is 166 Å². The van der Waals surface area contributed by atoms with E-state index < -0.39 is 0 Å². The zero-order valence-corrected chi connectivity index (χ0v) is 17.1. The Balaban J connectivity index is 1.52. The highest BCUT2D eigenvalue weighted by molar-refractivity contribution is 6.00. The van der Waals surface area contributed by atoms with Gasteiger partial charge in [-0.2, -0.15) is 0 Å². The van der Waals surface area contributed by atoms with Gasteiger partial charge in [-0.3, -0.25) is 19.4 Å². The zero-order chi connectivity index (χ0) is 20.3. The number of fused-ring (bicyclic) bond motifs is 1. The molecule has 2 unspecified atom stereocenters. The summed E-state index contributed by atoms with van der Waals surface area (Å²) in [7, 11) is 3.93. The molecule has 28 heavy (non-hydrogen) atoms. The second-order valence-corrected chi connectivity index (χ2v) is 7.60. The van der Waals surface area contributed by atoms with Crippen molar-refractivity contribution >= 4 is 11.7 Å². The minimum Gasteiger partial charge on any atom is -0.454 e. The van der Waals surface area contributed by atoms with Crippen molar-refractivity contribution in [2.75, 3.05) is 53.6 Å². The van der Waals surface area contributed by atoms with Crippen LogP contribution in [0.25, 0.3) is 0 Å². The first kappa shape index (κ1) is 20.6. The van der Waals surface area contributed by atoms with Crippen LogP contribution >= 0.6 is 0 Å². The Bertz CT molecular complexity index is 718. The molecule has 8 nitrogen and oxygen atoms in total. The summed E-state index contributed by atoms with van der Waals surface area (Å²) in [5.41, 5.74) is 0.569. The summed E-state index contributed by atoms with van der Waals surface area (Å²) < 4.78 is 10.6. The SMILES string of the molecule is CC(NC(=O)CN1CCN(C)CC1)N(C)C(C)C(=O)c1ccc2c(c1)OCO2. The molecule has 0 aliphatic carbocycles. The number of nitrogens with zero attached hydrogens (tertiary/aromatic N) is 3. The maximum absolute atomic E-state index is 12.9. The second-order valence-electron chi connectivity index (χ2n) is 7.60. The summed E-state index contributed by atoms with van der Waals surface area (Å²) in [6.07, 6.45) is -0.257. The topological polar surface area (TPSA) is 74.4 Å². The van der Waals surface area contributed by atoms with Gasteiger partial charge in [-0.05, 0) is 46.1 Å². The standard InChI is InChI=1S/C20H30N4O4/c1-14(20(26)16-5-6-17-18(11-16)28-13-27-17)23(4)15(2)21-19(25)12-24-9-7-22(3)8-10-24/h5-6,11,14-15H,7-10,12-13H2,1-4H3,(H,21,25). The summed E-state index contributed by atoms with van der Waals surface area (Å²) >= 11 is 0. The van der Waals surface area contributed by atoms with Gasteiger partial charge < -0.3 is 19.7 Å². The van der Waals surface area contributed by atoms with Gasteiger partial charge in [-0.25, -0.2) is 0 Å². The lowest BCUT2D eigenvalue weighted by molar-refractivity contribution is -0.124. The lowest BCUT2D eigenvalue weighted by atomic mass is 10.0. The highest BCUT2D eigenvalue weighted by Gasteiger charge is 2.26. The van der Waals surface area contributed by atoms with Crippen molar-refractivity contribution in [2.45, 2.75) is 26.1 Å². The monoisotopic (exact) mass is 390 g/mol. The van der Waals surface area contributed by atoms with E-state index in [1.54, 1.807) is 18.2 Å². The molecular weight excluding hydrogens is 360 g/mol. The third kappa shape index (κ3) is 4.81. The number of benzene rings is 1. The summed E-state index contributed by atoms with van der Waals surface area (Å²) in [6, 6.07) is 4.82. The molecule has 0 aromatic heterocycles. The van der Waals surface area contributed by atoms with Gasteiger partial charge in [0.2, 0.25) is 12.7 Å². The van der Waals surface area contributed by atoms with Gasteiger partial charge in [0.1, 0.15) is 0 Å². The van der Waals surface area contributed by atoms with Gasteiger partial charge in [0.25, 0.3) is 0 Å². The van der Waals surface area contributed by atoms with E-state index in [9.17, 15) is 9.59 Å². The molecule has 1 aromatic carbocycles. The van der Waals surface area contributed by atoms with Crippen LogP contribution < -0.4 is 14.8 Å². The van der Waals surface area contributed by atoms with E-state index in [1.807, 2.05) is 25.8 Å². The summed E-state index contributed by atoms with van der Waals surface area (Å²) in [6.45, 7) is 8.05. The number of Topliss-reactive ketones (excluding diaryl/α,β-unsaturated/α-hetero) is 1. The first-order valence-corrected chi connectivity index (χ1v) is 9.71. The van der Waals surface area contributed by atoms with Crippen LogP contribution in [0.15, 0.2) is 18.2 Å². The molecule has 0 radical (unpaired) electrons. The third-order valence-electron chi connectivity index (χ3n) is 5.59. The van der Waals surface area contributed by atoms with Crippen molar-refractivity contribution in [1.29, 1.82) is 0 Å². The molecule has 2 atom stereocenters. The van der Waals surface area contributed by atoms with Crippen LogP contribution in [0.5, 0.6) is 11.5 Å². The lowest BCUT2D eigenvalue weighted by Crippen LogP contribution is -2.53. The Morgan fingerprint density at radius 2 is 1.82 bits per heavy atom. The largest absolute Gasteiger partial charge is 0.454 e. The Kier molecular flexibility index (Phi) is 6.53. The van der Waals surface area contributed by atoms with Gasteiger partial charge in [0, 0.05) is 31.7 Å². The number of piperazine rings is 1. The molecule has 3 rings (SSSR count). The normalized spacial score (nSPS) is 19.5. The average Bonchev–Trinajstić information content (AvgIpc) is 3.15. The number of ether oxygens (including phenoxy) is 2. The Morgan fingerprint density at radius 1 is 1.14 bits per heavy atom. The van der Waals surface area contributed by atoms with Crippen LogP contribution in [0.4, 0.5) is 0 Å². The molecule has 1 N–H and O–H groups in total. The molecule has 2 aliphatic heterocycles. The van der Waals surface area contributed by atoms with Crippen LogP contribution in [0, 0.1) is 0 Å². The molecule has 2 aliphatic rings. The minimum absolute atomic E-state index is 0.0216. The number of hydrogen-bond donors (Lipinski definition) is 1. The van der Waals surface area contributed by atoms with Gasteiger partial charge in [0.15, 0.2) is 17.3 Å². The lowest BCUT2D eigenvalue weighted by Gasteiger charge is -2.33. The van der Waals surface area contributed by atoms with Crippen molar-refractivity contribution in [2.24, 2.45) is 0 Å². The Morgan fingerprint density at radius 3 is 2.54 bits per heavy atom. The number of carbonyl (C=O) groups excluding carboxylic acids is 2. The summed E-state index contributed by atoms with van der Waals surface area (Å²) in [4.78, 5) is 31.5. The van der Waals surface area contributed by atoms with Crippen molar-refractivity contribution in [3.05, 3.63) is 23.8 Å². The van der Waals surface area contributed by atoms with Crippen LogP contribution in [0.3, 0.4) is 0 Å². The molecule has 154 valence electrons. The van der Waals surface area contributed by atoms with E-state index >= 15 is 0 Å². The number of hydrogen-bond acceptors (Lipinski definition) is 7. The summed E-state index contributed by atoms with van der Waals surface area (Å²) in [5, 5.41) is 3.00. The molecule has 2 heterocycles. The van der Waals surface area contributed by atoms with E-state index in [-0.39, 0.29) is 30.7 Å². The van der Waals surface area contributed by atoms with Crippen LogP contribution in [0.1, 0.15) is 24.2 Å². The predicted molar refractivity (Wildman–Crippen MR) is 106 cm³/mol. The molecule has 0 saturated carbocycles. The number of nitrogens with one attached hydrogen (secondary N) is 1. The fourth-order valence-corrected chi connectivity index (χ4v) is 3.40. The van der Waals surface area contributed by atoms with Crippen molar-refractivity contribution in [3.8, 4) is 11.5 Å². The summed E-state index contributed by atoms with van der Waals surface area (Å²) in [5.74, 6) is 1.20. The molecule has 1 aromatic rings. The predicted octanol–water partition coefficient (Wildman–Crippen LogP) is 0.628. The molecule has 8 heteroatoms. The minimum atomic E-state index is -0.390. The number of ketones is 1. The number of amides is 1. The van der Waals surface area contributed by atoms with E-state index in [2.05, 4.69) is 22.2 Å². The van der Waals surface area contributed by atoms with E-state index in [0.29, 0.717) is 23.6 Å². The molecular formula is C20H30N4O4.